The number of para-hydroxylation sites is 4. The molecule has 0 N–H and O–H groups in total. The van der Waals surface area contributed by atoms with Crippen molar-refractivity contribution in [3.8, 4) is 17.4 Å². The average molecular weight is 875 g/mol. The number of aromatic nitrogens is 3. The number of hydrogen-bond acceptors (Lipinski definition) is 4. The number of benzene rings is 7. The second-order valence-corrected chi connectivity index (χ2v) is 25.4. The fourth-order valence-corrected chi connectivity index (χ4v) is 20.5. The summed E-state index contributed by atoms with van der Waals surface area (Å²) in [6.45, 7) is 15.0. The molecule has 5 aromatic heterocycles. The molecule has 1 atom stereocenters. The Morgan fingerprint density at radius 2 is 1.09 bits per heavy atom. The molecule has 0 fully saturated rings. The van der Waals surface area contributed by atoms with Crippen LogP contribution >= 0.6 is 0 Å². The first-order valence-corrected chi connectivity index (χ1v) is 25.7. The third kappa shape index (κ3) is 5.74. The molecule has 0 spiro atoms. The Morgan fingerprint density at radius 3 is 1.79 bits per heavy atom. The summed E-state index contributed by atoms with van der Waals surface area (Å²) in [5, 5.41) is 17.7. The van der Waals surface area contributed by atoms with Crippen molar-refractivity contribution in [2.45, 2.75) is 70.1 Å². The van der Waals surface area contributed by atoms with Crippen molar-refractivity contribution in [3.63, 3.8) is 0 Å². The van der Waals surface area contributed by atoms with E-state index in [2.05, 4.69) is 178 Å². The highest BCUT2D eigenvalue weighted by Gasteiger charge is 2.49. The normalized spacial score (nSPS) is 13.1. The van der Waals surface area contributed by atoms with E-state index in [1.165, 1.54) is 32.9 Å². The lowest BCUT2D eigenvalue weighted by molar-refractivity contribution is 0.665. The molecular formula is C59H50N4O2Si. The fourth-order valence-electron chi connectivity index (χ4n) is 12.7. The van der Waals surface area contributed by atoms with Crippen molar-refractivity contribution in [3.05, 3.63) is 175 Å². The van der Waals surface area contributed by atoms with Gasteiger partial charge in [-0.1, -0.05) is 137 Å². The lowest BCUT2D eigenvalue weighted by atomic mass is 10.0. The SMILES string of the molecule is CC(C)[Si](C(C)C)(C(C)C)C(Cc1ccc2oc3c(-n4c5ccccc5c5cc(C#N)ccc54)ccnc3c2c1)c1ccc2c(c1)c1ccccc1n2-c1cccc2c1oc1ccccc12. The minimum absolute atomic E-state index is 0.331. The summed E-state index contributed by atoms with van der Waals surface area (Å²) < 4.78 is 18.1. The van der Waals surface area contributed by atoms with E-state index in [4.69, 9.17) is 13.8 Å². The summed E-state index contributed by atoms with van der Waals surface area (Å²) in [6, 6.07) is 56.6. The standard InChI is InChI=1S/C59H50N4O2Si/c1-35(2)66(36(3)4,37(5)6)56(40-24-26-51-46(33-40)42-15-8-11-19-49(42)62(51)52-20-13-17-44-43-16-9-12-21-54(43)64-58(44)52)32-38-23-27-55-47(30-38)57-59(65-55)53(28-29-61-57)63-48-18-10-7-14-41(48)45-31-39(34-60)22-25-50(45)63/h7-31,33,35-37,56H,32H2,1-6H3. The van der Waals surface area contributed by atoms with E-state index in [1.807, 2.05) is 36.5 Å². The molecule has 0 bridgehead atoms. The Hall–Kier alpha value is -7.40. The van der Waals surface area contributed by atoms with Crippen molar-refractivity contribution < 1.29 is 8.83 Å². The zero-order valence-corrected chi connectivity index (χ0v) is 39.1. The van der Waals surface area contributed by atoms with Gasteiger partial charge in [0.25, 0.3) is 0 Å². The first kappa shape index (κ1) is 40.1. The quantitative estimate of drug-likeness (QED) is 0.135. The van der Waals surface area contributed by atoms with Crippen LogP contribution in [0.5, 0.6) is 0 Å². The molecule has 0 aliphatic heterocycles. The second-order valence-electron chi connectivity index (χ2n) is 19.2. The van der Waals surface area contributed by atoms with Crippen LogP contribution in [0.15, 0.2) is 167 Å². The van der Waals surface area contributed by atoms with Crippen molar-refractivity contribution >= 4 is 95.7 Å². The molecule has 322 valence electrons. The maximum Gasteiger partial charge on any atom is 0.177 e. The number of furan rings is 2. The first-order valence-electron chi connectivity index (χ1n) is 23.3. The highest BCUT2D eigenvalue weighted by atomic mass is 28.3. The Balaban J connectivity index is 1.03. The fraction of sp³-hybridized carbons (Fsp3) is 0.186. The van der Waals surface area contributed by atoms with Gasteiger partial charge in [0, 0.05) is 43.9 Å². The minimum Gasteiger partial charge on any atom is -0.454 e. The third-order valence-corrected chi connectivity index (χ3v) is 22.9. The lowest BCUT2D eigenvalue weighted by Crippen LogP contribution is -2.51. The van der Waals surface area contributed by atoms with Crippen LogP contribution in [0.25, 0.3) is 99.0 Å². The second kappa shape index (κ2) is 15.1. The maximum atomic E-state index is 9.77. The van der Waals surface area contributed by atoms with Gasteiger partial charge >= 0.3 is 0 Å². The molecule has 0 amide bonds. The molecule has 0 radical (unpaired) electrons. The smallest absolute Gasteiger partial charge is 0.177 e. The van der Waals surface area contributed by atoms with Gasteiger partial charge in [-0.25, -0.2) is 0 Å². The van der Waals surface area contributed by atoms with Crippen LogP contribution in [0, 0.1) is 11.3 Å². The number of rotatable bonds is 9. The molecule has 0 saturated carbocycles. The molecular weight excluding hydrogens is 825 g/mol. The minimum atomic E-state index is -2.14. The number of nitrogens with zero attached hydrogens (tertiary/aromatic N) is 4. The molecule has 6 nitrogen and oxygen atoms in total. The number of fused-ring (bicyclic) bond motifs is 12. The molecule has 12 rings (SSSR count). The zero-order chi connectivity index (χ0) is 45.0. The van der Waals surface area contributed by atoms with E-state index in [-0.39, 0.29) is 0 Å². The zero-order valence-electron chi connectivity index (χ0n) is 38.1. The maximum absolute atomic E-state index is 9.77. The van der Waals surface area contributed by atoms with Crippen LogP contribution in [0.3, 0.4) is 0 Å². The Bertz CT molecular complexity index is 3930. The van der Waals surface area contributed by atoms with Gasteiger partial charge < -0.3 is 18.0 Å². The summed E-state index contributed by atoms with van der Waals surface area (Å²) in [7, 11) is -2.14. The molecule has 0 aliphatic rings. The van der Waals surface area contributed by atoms with E-state index >= 15 is 0 Å². The van der Waals surface area contributed by atoms with Crippen LogP contribution in [-0.2, 0) is 6.42 Å². The number of nitriles is 1. The topological polar surface area (TPSA) is 72.8 Å². The van der Waals surface area contributed by atoms with Gasteiger partial charge in [0.05, 0.1) is 53.1 Å². The summed E-state index contributed by atoms with van der Waals surface area (Å²) in [6.07, 6.45) is 2.82. The van der Waals surface area contributed by atoms with Crippen molar-refractivity contribution in [1.29, 1.82) is 5.26 Å². The van der Waals surface area contributed by atoms with Crippen LogP contribution in [0.1, 0.15) is 63.8 Å². The molecule has 5 heterocycles. The summed E-state index contributed by atoms with van der Waals surface area (Å²) in [4.78, 5) is 5.01. The Morgan fingerprint density at radius 1 is 0.515 bits per heavy atom. The largest absolute Gasteiger partial charge is 0.454 e. The van der Waals surface area contributed by atoms with Crippen molar-refractivity contribution in [2.24, 2.45) is 0 Å². The predicted octanol–water partition coefficient (Wildman–Crippen LogP) is 16.5. The highest BCUT2D eigenvalue weighted by Crippen LogP contribution is 2.52. The Labute approximate surface area is 384 Å². The van der Waals surface area contributed by atoms with Gasteiger partial charge in [-0.15, -0.1) is 0 Å². The van der Waals surface area contributed by atoms with Crippen LogP contribution in [0.4, 0.5) is 0 Å². The molecule has 0 aliphatic carbocycles. The molecule has 12 aromatic rings. The molecule has 7 aromatic carbocycles. The first-order chi connectivity index (χ1) is 32.2. The van der Waals surface area contributed by atoms with E-state index in [1.54, 1.807) is 0 Å². The van der Waals surface area contributed by atoms with Crippen LogP contribution in [0.2, 0.25) is 16.6 Å². The van der Waals surface area contributed by atoms with Crippen molar-refractivity contribution in [2.75, 3.05) is 0 Å². The number of hydrogen-bond donors (Lipinski definition) is 0. The summed E-state index contributed by atoms with van der Waals surface area (Å²) in [5.41, 5.74) is 16.0. The van der Waals surface area contributed by atoms with Gasteiger partial charge in [0.2, 0.25) is 0 Å². The van der Waals surface area contributed by atoms with Gasteiger partial charge in [-0.2, -0.15) is 5.26 Å². The van der Waals surface area contributed by atoms with Gasteiger partial charge in [-0.05, 0) is 95.9 Å². The monoisotopic (exact) mass is 874 g/mol. The summed E-state index contributed by atoms with van der Waals surface area (Å²) in [5.74, 6) is 0. The van der Waals surface area contributed by atoms with Crippen LogP contribution in [-0.4, -0.2) is 22.2 Å². The van der Waals surface area contributed by atoms with E-state index in [0.29, 0.717) is 27.7 Å². The third-order valence-electron chi connectivity index (χ3n) is 15.2. The molecule has 0 saturated heterocycles. The molecule has 1 unspecified atom stereocenters. The lowest BCUT2D eigenvalue weighted by Gasteiger charge is -2.49. The van der Waals surface area contributed by atoms with E-state index < -0.39 is 8.07 Å². The molecule has 7 heteroatoms. The summed E-state index contributed by atoms with van der Waals surface area (Å²) >= 11 is 0. The average Bonchev–Trinajstić information content (AvgIpc) is 4.08. The highest BCUT2D eigenvalue weighted by molar-refractivity contribution is 6.84. The molecule has 66 heavy (non-hydrogen) atoms. The van der Waals surface area contributed by atoms with E-state index in [9.17, 15) is 5.26 Å². The Kier molecular flexibility index (Phi) is 9.17. The predicted molar refractivity (Wildman–Crippen MR) is 276 cm³/mol. The van der Waals surface area contributed by atoms with E-state index in [0.717, 1.165) is 83.6 Å². The number of pyridine rings is 1. The van der Waals surface area contributed by atoms with Gasteiger partial charge in [-0.3, -0.25) is 4.98 Å². The van der Waals surface area contributed by atoms with Crippen molar-refractivity contribution in [1.82, 2.24) is 14.1 Å². The van der Waals surface area contributed by atoms with Gasteiger partial charge in [0.15, 0.2) is 11.2 Å². The van der Waals surface area contributed by atoms with Gasteiger partial charge in [0.1, 0.15) is 16.7 Å². The van der Waals surface area contributed by atoms with Crippen LogP contribution < -0.4 is 0 Å².